The molecule has 1 aliphatic heterocycles. The average Bonchev–Trinajstić information content (AvgIpc) is 3.03. The first-order chi connectivity index (χ1) is 12.1. The summed E-state index contributed by atoms with van der Waals surface area (Å²) in [5.74, 6) is -0.517. The molecule has 1 aromatic carbocycles. The number of aryl methyl sites for hydroxylation is 1. The molecular weight excluding hydrogens is 321 g/mol. The summed E-state index contributed by atoms with van der Waals surface area (Å²) in [6.07, 6.45) is 2.35. The van der Waals surface area contributed by atoms with Crippen molar-refractivity contribution in [2.45, 2.75) is 32.2 Å². The van der Waals surface area contributed by atoms with Crippen LogP contribution in [0.25, 0.3) is 0 Å². The number of pyridine rings is 1. The molecule has 5 nitrogen and oxygen atoms in total. The standard InChI is InChI=1S/C19H22FN3O2/c1-2-5-14-10-13(11-18(24)21-14)19(25)22-15-8-9-23(12-15)17-7-4-3-6-16(17)20/h3-4,6-7,10-11,15H,2,5,8-9,12H2,1H3,(H,21,24)(H,22,25)/t15-/m0/s1. The van der Waals surface area contributed by atoms with Crippen LogP contribution >= 0.6 is 0 Å². The molecule has 1 amide bonds. The van der Waals surface area contributed by atoms with Crippen molar-refractivity contribution >= 4 is 11.6 Å². The zero-order valence-corrected chi connectivity index (χ0v) is 14.2. The lowest BCUT2D eigenvalue weighted by atomic mass is 10.1. The zero-order chi connectivity index (χ0) is 17.8. The number of amides is 1. The molecule has 132 valence electrons. The number of benzene rings is 1. The molecule has 0 unspecified atom stereocenters. The topological polar surface area (TPSA) is 65.2 Å². The number of halogens is 1. The molecule has 3 rings (SSSR count). The number of aromatic amines is 1. The number of nitrogens with zero attached hydrogens (tertiary/aromatic N) is 1. The van der Waals surface area contributed by atoms with Crippen molar-refractivity contribution in [1.82, 2.24) is 10.3 Å². The molecule has 1 fully saturated rings. The minimum Gasteiger partial charge on any atom is -0.367 e. The smallest absolute Gasteiger partial charge is 0.251 e. The van der Waals surface area contributed by atoms with Gasteiger partial charge in [0, 0.05) is 36.5 Å². The van der Waals surface area contributed by atoms with Gasteiger partial charge in [-0.15, -0.1) is 0 Å². The molecule has 0 saturated carbocycles. The molecule has 1 saturated heterocycles. The monoisotopic (exact) mass is 343 g/mol. The molecule has 2 aromatic rings. The maximum Gasteiger partial charge on any atom is 0.251 e. The van der Waals surface area contributed by atoms with E-state index in [9.17, 15) is 14.0 Å². The number of nitrogens with one attached hydrogen (secondary N) is 2. The number of hydrogen-bond acceptors (Lipinski definition) is 3. The zero-order valence-electron chi connectivity index (χ0n) is 14.2. The summed E-state index contributed by atoms with van der Waals surface area (Å²) in [7, 11) is 0. The van der Waals surface area contributed by atoms with Gasteiger partial charge in [0.25, 0.3) is 5.91 Å². The van der Waals surface area contributed by atoms with Crippen LogP contribution in [0.3, 0.4) is 0 Å². The van der Waals surface area contributed by atoms with Crippen molar-refractivity contribution in [3.05, 3.63) is 63.8 Å². The van der Waals surface area contributed by atoms with Crippen LogP contribution < -0.4 is 15.8 Å². The van der Waals surface area contributed by atoms with Gasteiger partial charge in [0.05, 0.1) is 5.69 Å². The molecule has 1 atom stereocenters. The van der Waals surface area contributed by atoms with Gasteiger partial charge >= 0.3 is 0 Å². The van der Waals surface area contributed by atoms with Crippen LogP contribution in [0.15, 0.2) is 41.2 Å². The van der Waals surface area contributed by atoms with Crippen molar-refractivity contribution < 1.29 is 9.18 Å². The summed E-state index contributed by atoms with van der Waals surface area (Å²) >= 11 is 0. The summed E-state index contributed by atoms with van der Waals surface area (Å²) in [5.41, 5.74) is 1.42. The van der Waals surface area contributed by atoms with Crippen LogP contribution in [-0.4, -0.2) is 30.0 Å². The van der Waals surface area contributed by atoms with E-state index in [2.05, 4.69) is 10.3 Å². The van der Waals surface area contributed by atoms with Gasteiger partial charge in [0.1, 0.15) is 5.82 Å². The molecule has 25 heavy (non-hydrogen) atoms. The predicted octanol–water partition coefficient (Wildman–Crippen LogP) is 2.48. The largest absolute Gasteiger partial charge is 0.367 e. The van der Waals surface area contributed by atoms with E-state index in [-0.39, 0.29) is 23.3 Å². The molecule has 6 heteroatoms. The van der Waals surface area contributed by atoms with E-state index >= 15 is 0 Å². The Balaban J connectivity index is 1.66. The Kier molecular flexibility index (Phi) is 5.16. The number of carbonyl (C=O) groups is 1. The lowest BCUT2D eigenvalue weighted by Gasteiger charge is -2.19. The number of rotatable bonds is 5. The van der Waals surface area contributed by atoms with E-state index in [1.807, 2.05) is 11.8 Å². The minimum atomic E-state index is -0.268. The summed E-state index contributed by atoms with van der Waals surface area (Å²) in [6, 6.07) is 9.62. The third-order valence-corrected chi connectivity index (χ3v) is 4.40. The number of hydrogen-bond donors (Lipinski definition) is 2. The van der Waals surface area contributed by atoms with Gasteiger partial charge in [0.15, 0.2) is 0 Å². The summed E-state index contributed by atoms with van der Waals surface area (Å²) < 4.78 is 13.9. The van der Waals surface area contributed by atoms with Crippen LogP contribution in [0.4, 0.5) is 10.1 Å². The maximum atomic E-state index is 13.9. The molecule has 0 aliphatic carbocycles. The highest BCUT2D eigenvalue weighted by molar-refractivity contribution is 5.94. The van der Waals surface area contributed by atoms with Crippen molar-refractivity contribution in [1.29, 1.82) is 0 Å². The van der Waals surface area contributed by atoms with Gasteiger partial charge < -0.3 is 15.2 Å². The Morgan fingerprint density at radius 1 is 1.36 bits per heavy atom. The first-order valence-electron chi connectivity index (χ1n) is 8.60. The maximum absolute atomic E-state index is 13.9. The molecular formula is C19H22FN3O2. The number of aromatic nitrogens is 1. The highest BCUT2D eigenvalue weighted by Gasteiger charge is 2.26. The lowest BCUT2D eigenvalue weighted by Crippen LogP contribution is -2.37. The second-order valence-electron chi connectivity index (χ2n) is 6.36. The Labute approximate surface area is 145 Å². The van der Waals surface area contributed by atoms with Gasteiger partial charge in [-0.25, -0.2) is 4.39 Å². The number of carbonyl (C=O) groups excluding carboxylic acids is 1. The third-order valence-electron chi connectivity index (χ3n) is 4.40. The highest BCUT2D eigenvalue weighted by atomic mass is 19.1. The van der Waals surface area contributed by atoms with E-state index in [0.29, 0.717) is 24.3 Å². The quantitative estimate of drug-likeness (QED) is 0.877. The highest BCUT2D eigenvalue weighted by Crippen LogP contribution is 2.23. The minimum absolute atomic E-state index is 0.0685. The number of H-pyrrole nitrogens is 1. The predicted molar refractivity (Wildman–Crippen MR) is 95.5 cm³/mol. The summed E-state index contributed by atoms with van der Waals surface area (Å²) in [4.78, 5) is 28.9. The van der Waals surface area contributed by atoms with Crippen molar-refractivity contribution in [3.63, 3.8) is 0 Å². The Hall–Kier alpha value is -2.63. The second kappa shape index (κ2) is 7.51. The van der Waals surface area contributed by atoms with E-state index < -0.39 is 0 Å². The molecule has 0 radical (unpaired) electrons. The first kappa shape index (κ1) is 17.2. The molecule has 0 bridgehead atoms. The van der Waals surface area contributed by atoms with E-state index in [0.717, 1.165) is 25.0 Å². The van der Waals surface area contributed by atoms with Gasteiger partial charge in [-0.3, -0.25) is 9.59 Å². The van der Waals surface area contributed by atoms with Crippen LogP contribution in [0.1, 0.15) is 35.8 Å². The molecule has 2 N–H and O–H groups in total. The van der Waals surface area contributed by atoms with E-state index in [1.165, 1.54) is 12.1 Å². The summed E-state index contributed by atoms with van der Waals surface area (Å²) in [5, 5.41) is 2.96. The van der Waals surface area contributed by atoms with Crippen molar-refractivity contribution in [3.8, 4) is 0 Å². The Morgan fingerprint density at radius 2 is 2.16 bits per heavy atom. The molecule has 1 aliphatic rings. The Bertz CT molecular complexity index is 818. The fourth-order valence-corrected chi connectivity index (χ4v) is 3.21. The van der Waals surface area contributed by atoms with Gasteiger partial charge in [-0.2, -0.15) is 0 Å². The fraction of sp³-hybridized carbons (Fsp3) is 0.368. The molecule has 2 heterocycles. The first-order valence-corrected chi connectivity index (χ1v) is 8.60. The average molecular weight is 343 g/mol. The molecule has 1 aromatic heterocycles. The SMILES string of the molecule is CCCc1cc(C(=O)N[C@H]2CCN(c3ccccc3F)C2)cc(=O)[nH]1. The van der Waals surface area contributed by atoms with E-state index in [4.69, 9.17) is 0 Å². The van der Waals surface area contributed by atoms with Crippen LogP contribution in [-0.2, 0) is 6.42 Å². The van der Waals surface area contributed by atoms with Gasteiger partial charge in [0.2, 0.25) is 5.56 Å². The Morgan fingerprint density at radius 3 is 2.92 bits per heavy atom. The van der Waals surface area contributed by atoms with Crippen LogP contribution in [0.5, 0.6) is 0 Å². The summed E-state index contributed by atoms with van der Waals surface area (Å²) in [6.45, 7) is 3.25. The molecule has 0 spiro atoms. The van der Waals surface area contributed by atoms with Gasteiger partial charge in [-0.1, -0.05) is 25.5 Å². The third kappa shape index (κ3) is 4.07. The number of para-hydroxylation sites is 1. The van der Waals surface area contributed by atoms with Crippen LogP contribution in [0, 0.1) is 5.82 Å². The second-order valence-corrected chi connectivity index (χ2v) is 6.36. The van der Waals surface area contributed by atoms with E-state index in [1.54, 1.807) is 24.3 Å². The van der Waals surface area contributed by atoms with Crippen molar-refractivity contribution in [2.24, 2.45) is 0 Å². The number of anilines is 1. The fourth-order valence-electron chi connectivity index (χ4n) is 3.21. The van der Waals surface area contributed by atoms with Crippen LogP contribution in [0.2, 0.25) is 0 Å². The van der Waals surface area contributed by atoms with Gasteiger partial charge in [-0.05, 0) is 31.0 Å². The normalized spacial score (nSPS) is 16.9. The van der Waals surface area contributed by atoms with Crippen molar-refractivity contribution in [2.75, 3.05) is 18.0 Å². The lowest BCUT2D eigenvalue weighted by molar-refractivity contribution is 0.0940.